The number of anilines is 1. The number of rotatable bonds is 7. The lowest BCUT2D eigenvalue weighted by molar-refractivity contribution is 0.0374. The highest BCUT2D eigenvalue weighted by Gasteiger charge is 2.22. The molecule has 0 saturated carbocycles. The van der Waals surface area contributed by atoms with Crippen LogP contribution in [-0.4, -0.2) is 68.3 Å². The van der Waals surface area contributed by atoms with Crippen LogP contribution in [0.25, 0.3) is 11.3 Å². The maximum Gasteiger partial charge on any atom is 0.255 e. The number of amides is 1. The molecule has 2 aliphatic rings. The van der Waals surface area contributed by atoms with E-state index < -0.39 is 0 Å². The number of hydrogen-bond acceptors (Lipinski definition) is 6. The van der Waals surface area contributed by atoms with E-state index >= 15 is 0 Å². The van der Waals surface area contributed by atoms with Crippen molar-refractivity contribution in [1.29, 1.82) is 0 Å². The van der Waals surface area contributed by atoms with Crippen LogP contribution in [0.5, 0.6) is 0 Å². The minimum absolute atomic E-state index is 0.0201. The van der Waals surface area contributed by atoms with Crippen molar-refractivity contribution in [1.82, 2.24) is 15.2 Å². The van der Waals surface area contributed by atoms with Crippen LogP contribution in [0.4, 0.5) is 5.82 Å². The number of aromatic nitrogens is 1. The summed E-state index contributed by atoms with van der Waals surface area (Å²) in [6.45, 7) is 7.22. The average Bonchev–Trinajstić information content (AvgIpc) is 3.46. The van der Waals surface area contributed by atoms with E-state index in [0.717, 1.165) is 82.3 Å². The summed E-state index contributed by atoms with van der Waals surface area (Å²) in [5, 5.41) is 7.25. The normalized spacial score (nSPS) is 17.8. The van der Waals surface area contributed by atoms with Gasteiger partial charge in [0, 0.05) is 43.7 Å². The molecule has 0 aromatic carbocycles. The van der Waals surface area contributed by atoms with Gasteiger partial charge in [-0.3, -0.25) is 9.69 Å². The van der Waals surface area contributed by atoms with Crippen molar-refractivity contribution in [3.63, 3.8) is 0 Å². The zero-order valence-corrected chi connectivity index (χ0v) is 17.0. The first-order valence-corrected chi connectivity index (χ1v) is 11.1. The van der Waals surface area contributed by atoms with Crippen molar-refractivity contribution >= 4 is 23.1 Å². The highest BCUT2D eigenvalue weighted by atomic mass is 32.1. The summed E-state index contributed by atoms with van der Waals surface area (Å²) in [6, 6.07) is 5.97. The van der Waals surface area contributed by atoms with Gasteiger partial charge in [-0.1, -0.05) is 0 Å². The number of pyridine rings is 1. The molecular formula is C21H28N4O2S. The zero-order valence-electron chi connectivity index (χ0n) is 16.2. The number of nitrogens with one attached hydrogen (secondary N) is 1. The average molecular weight is 401 g/mol. The van der Waals surface area contributed by atoms with E-state index in [2.05, 4.69) is 31.9 Å². The van der Waals surface area contributed by atoms with Crippen molar-refractivity contribution in [3.05, 3.63) is 34.5 Å². The molecule has 150 valence electrons. The molecular weight excluding hydrogens is 372 g/mol. The third kappa shape index (κ3) is 4.71. The molecule has 0 spiro atoms. The summed E-state index contributed by atoms with van der Waals surface area (Å²) < 4.78 is 5.38. The van der Waals surface area contributed by atoms with Crippen LogP contribution in [0.15, 0.2) is 29.0 Å². The van der Waals surface area contributed by atoms with Gasteiger partial charge >= 0.3 is 0 Å². The van der Waals surface area contributed by atoms with Gasteiger partial charge in [0.15, 0.2) is 0 Å². The molecule has 28 heavy (non-hydrogen) atoms. The smallest absolute Gasteiger partial charge is 0.255 e. The van der Waals surface area contributed by atoms with Gasteiger partial charge in [-0.15, -0.1) is 0 Å². The Bertz CT molecular complexity index is 769. The monoisotopic (exact) mass is 400 g/mol. The van der Waals surface area contributed by atoms with Gasteiger partial charge < -0.3 is 15.0 Å². The van der Waals surface area contributed by atoms with Crippen LogP contribution in [0.3, 0.4) is 0 Å². The number of nitrogens with zero attached hydrogens (tertiary/aromatic N) is 3. The van der Waals surface area contributed by atoms with Gasteiger partial charge in [-0.05, 0) is 49.4 Å². The molecule has 1 amide bonds. The fourth-order valence-corrected chi connectivity index (χ4v) is 4.44. The lowest BCUT2D eigenvalue weighted by Crippen LogP contribution is -2.38. The highest BCUT2D eigenvalue weighted by molar-refractivity contribution is 7.08. The van der Waals surface area contributed by atoms with Gasteiger partial charge in [-0.2, -0.15) is 11.3 Å². The number of thiophene rings is 1. The molecule has 2 fully saturated rings. The summed E-state index contributed by atoms with van der Waals surface area (Å²) in [4.78, 5) is 22.4. The fourth-order valence-electron chi connectivity index (χ4n) is 3.79. The molecule has 2 saturated heterocycles. The van der Waals surface area contributed by atoms with E-state index in [1.165, 1.54) is 0 Å². The Morgan fingerprint density at radius 2 is 1.96 bits per heavy atom. The van der Waals surface area contributed by atoms with Crippen LogP contribution in [0.1, 0.15) is 29.6 Å². The third-order valence-electron chi connectivity index (χ3n) is 5.38. The van der Waals surface area contributed by atoms with E-state index in [9.17, 15) is 4.79 Å². The summed E-state index contributed by atoms with van der Waals surface area (Å²) >= 11 is 1.66. The van der Waals surface area contributed by atoms with Gasteiger partial charge in [-0.25, -0.2) is 4.98 Å². The van der Waals surface area contributed by atoms with Crippen molar-refractivity contribution in [2.45, 2.75) is 19.3 Å². The molecule has 0 radical (unpaired) electrons. The molecule has 0 atom stereocenters. The Labute approximate surface area is 170 Å². The fraction of sp³-hybridized carbons (Fsp3) is 0.524. The van der Waals surface area contributed by atoms with Crippen LogP contribution in [0, 0.1) is 0 Å². The highest BCUT2D eigenvalue weighted by Crippen LogP contribution is 2.28. The molecule has 2 aromatic rings. The predicted molar refractivity (Wildman–Crippen MR) is 113 cm³/mol. The van der Waals surface area contributed by atoms with Crippen LogP contribution >= 0.6 is 11.3 Å². The van der Waals surface area contributed by atoms with Crippen molar-refractivity contribution in [2.75, 3.05) is 57.4 Å². The second-order valence-electron chi connectivity index (χ2n) is 7.34. The Kier molecular flexibility index (Phi) is 6.57. The summed E-state index contributed by atoms with van der Waals surface area (Å²) in [7, 11) is 0. The minimum atomic E-state index is -0.0201. The minimum Gasteiger partial charge on any atom is -0.379 e. The first kappa shape index (κ1) is 19.4. The number of carbonyl (C=O) groups is 1. The maximum atomic E-state index is 12.9. The second-order valence-corrected chi connectivity index (χ2v) is 8.12. The summed E-state index contributed by atoms with van der Waals surface area (Å²) in [5.41, 5.74) is 2.74. The lowest BCUT2D eigenvalue weighted by atomic mass is 10.1. The van der Waals surface area contributed by atoms with Gasteiger partial charge in [0.05, 0.1) is 24.5 Å². The van der Waals surface area contributed by atoms with E-state index in [1.54, 1.807) is 11.3 Å². The number of morpholine rings is 1. The molecule has 0 aliphatic carbocycles. The quantitative estimate of drug-likeness (QED) is 0.725. The van der Waals surface area contributed by atoms with Gasteiger partial charge in [0.25, 0.3) is 5.91 Å². The molecule has 1 N–H and O–H groups in total. The Hall–Kier alpha value is -1.96. The Morgan fingerprint density at radius 3 is 2.71 bits per heavy atom. The van der Waals surface area contributed by atoms with Crippen molar-refractivity contribution < 1.29 is 9.53 Å². The third-order valence-corrected chi connectivity index (χ3v) is 6.07. The molecule has 0 bridgehead atoms. The van der Waals surface area contributed by atoms with Gasteiger partial charge in [0.1, 0.15) is 5.82 Å². The van der Waals surface area contributed by atoms with Crippen molar-refractivity contribution in [2.24, 2.45) is 0 Å². The molecule has 2 aromatic heterocycles. The SMILES string of the molecule is O=C(NCCCN1CCOCC1)c1ccc(-c2ccsc2)nc1N1CCCC1. The van der Waals surface area contributed by atoms with Crippen LogP contribution in [-0.2, 0) is 4.74 Å². The van der Waals surface area contributed by atoms with E-state index in [-0.39, 0.29) is 5.91 Å². The number of ether oxygens (including phenoxy) is 1. The first-order chi connectivity index (χ1) is 13.8. The lowest BCUT2D eigenvalue weighted by Gasteiger charge is -2.26. The van der Waals surface area contributed by atoms with E-state index in [4.69, 9.17) is 9.72 Å². The number of hydrogen-bond donors (Lipinski definition) is 1. The summed E-state index contributed by atoms with van der Waals surface area (Å²) in [6.07, 6.45) is 3.27. The number of carbonyl (C=O) groups excluding carboxylic acids is 1. The summed E-state index contributed by atoms with van der Waals surface area (Å²) in [5.74, 6) is 0.806. The predicted octanol–water partition coefficient (Wildman–Crippen LogP) is 2.86. The zero-order chi connectivity index (χ0) is 19.2. The topological polar surface area (TPSA) is 57.7 Å². The largest absolute Gasteiger partial charge is 0.379 e. The molecule has 7 heteroatoms. The molecule has 6 nitrogen and oxygen atoms in total. The Morgan fingerprint density at radius 1 is 1.14 bits per heavy atom. The van der Waals surface area contributed by atoms with Gasteiger partial charge in [0.2, 0.25) is 0 Å². The van der Waals surface area contributed by atoms with Crippen molar-refractivity contribution in [3.8, 4) is 11.3 Å². The maximum absolute atomic E-state index is 12.9. The van der Waals surface area contributed by atoms with E-state index in [0.29, 0.717) is 12.1 Å². The van der Waals surface area contributed by atoms with Crippen LogP contribution < -0.4 is 10.2 Å². The molecule has 2 aliphatic heterocycles. The molecule has 0 unspecified atom stereocenters. The standard InChI is InChI=1S/C21H28N4O2S/c26-21(22-7-3-8-24-11-13-27-14-12-24)18-4-5-19(17-6-15-28-16-17)23-20(18)25-9-1-2-10-25/h4-6,15-16H,1-3,7-14H2,(H,22,26). The molecule has 4 heterocycles. The molecule has 4 rings (SSSR count). The Balaban J connectivity index is 1.41. The van der Waals surface area contributed by atoms with Crippen LogP contribution in [0.2, 0.25) is 0 Å². The first-order valence-electron chi connectivity index (χ1n) is 10.2. The second kappa shape index (κ2) is 9.49. The van der Waals surface area contributed by atoms with E-state index in [1.807, 2.05) is 12.1 Å².